The van der Waals surface area contributed by atoms with Crippen molar-refractivity contribution in [2.75, 3.05) is 19.0 Å². The van der Waals surface area contributed by atoms with Crippen molar-refractivity contribution < 1.29 is 4.52 Å². The third-order valence-electron chi connectivity index (χ3n) is 1.72. The largest absolute Gasteiger partial charge is 0.331 e. The summed E-state index contributed by atoms with van der Waals surface area (Å²) in [6, 6.07) is 4.21. The van der Waals surface area contributed by atoms with E-state index in [0.717, 1.165) is 5.56 Å². The zero-order chi connectivity index (χ0) is 9.97. The lowest BCUT2D eigenvalue weighted by Gasteiger charge is -2.01. The first-order valence-corrected chi connectivity index (χ1v) is 4.19. The van der Waals surface area contributed by atoms with Crippen LogP contribution in [0.5, 0.6) is 0 Å². The van der Waals surface area contributed by atoms with Gasteiger partial charge in [0.25, 0.3) is 0 Å². The molecule has 0 bridgehead atoms. The first-order chi connectivity index (χ1) is 6.77. The highest BCUT2D eigenvalue weighted by atomic mass is 16.5. The molecule has 0 unspecified atom stereocenters. The molecule has 0 aliphatic rings. The topological polar surface area (TPSA) is 55.1 Å². The summed E-state index contributed by atoms with van der Waals surface area (Å²) < 4.78 is 5.02. The Bertz CT molecular complexity index is 410. The van der Waals surface area contributed by atoms with Crippen molar-refractivity contribution in [2.45, 2.75) is 0 Å². The molecule has 2 heterocycles. The Balaban J connectivity index is 2.34. The normalized spacial score (nSPS) is 10.1. The highest BCUT2D eigenvalue weighted by Crippen LogP contribution is 2.16. The highest BCUT2D eigenvalue weighted by molar-refractivity contribution is 5.53. The maximum absolute atomic E-state index is 5.02. The summed E-state index contributed by atoms with van der Waals surface area (Å²) in [6.07, 6.45) is 3.40. The van der Waals surface area contributed by atoms with Gasteiger partial charge in [-0.2, -0.15) is 4.98 Å². The number of pyridine rings is 1. The van der Waals surface area contributed by atoms with Crippen LogP contribution in [-0.2, 0) is 0 Å². The van der Waals surface area contributed by atoms with E-state index < -0.39 is 0 Å². The van der Waals surface area contributed by atoms with Gasteiger partial charge in [0.2, 0.25) is 5.82 Å². The van der Waals surface area contributed by atoms with Gasteiger partial charge < -0.3 is 9.42 Å². The molecule has 0 fully saturated rings. The first kappa shape index (κ1) is 8.68. The van der Waals surface area contributed by atoms with E-state index in [-0.39, 0.29) is 0 Å². The van der Waals surface area contributed by atoms with E-state index in [1.54, 1.807) is 17.3 Å². The number of hydrogen-bond donors (Lipinski definition) is 0. The summed E-state index contributed by atoms with van der Waals surface area (Å²) in [5.41, 5.74) is 0.851. The second-order valence-corrected chi connectivity index (χ2v) is 3.04. The lowest BCUT2D eigenvalue weighted by molar-refractivity contribution is 0.423. The van der Waals surface area contributed by atoms with Crippen LogP contribution in [0.3, 0.4) is 0 Å². The number of nitrogens with zero attached hydrogens (tertiary/aromatic N) is 4. The minimum absolute atomic E-state index is 0.490. The highest BCUT2D eigenvalue weighted by Gasteiger charge is 2.08. The van der Waals surface area contributed by atoms with E-state index in [2.05, 4.69) is 15.1 Å². The van der Waals surface area contributed by atoms with Crippen molar-refractivity contribution in [3.05, 3.63) is 24.5 Å². The van der Waals surface area contributed by atoms with Gasteiger partial charge in [-0.1, -0.05) is 5.16 Å². The minimum atomic E-state index is 0.490. The first-order valence-electron chi connectivity index (χ1n) is 4.19. The molecule has 2 aromatic heterocycles. The van der Waals surface area contributed by atoms with Gasteiger partial charge >= 0.3 is 6.01 Å². The lowest BCUT2D eigenvalue weighted by atomic mass is 10.3. The Hall–Kier alpha value is -1.91. The van der Waals surface area contributed by atoms with Crippen LogP contribution in [0.4, 0.5) is 6.01 Å². The standard InChI is InChI=1S/C9H10N4O/c1-13(2)9-11-8(12-14-9)7-4-3-5-10-6-7/h3-6H,1-2H3. The smallest absolute Gasteiger partial charge is 0.323 e. The van der Waals surface area contributed by atoms with Crippen LogP contribution in [0.25, 0.3) is 11.4 Å². The Morgan fingerprint density at radius 1 is 1.36 bits per heavy atom. The molecule has 0 saturated heterocycles. The minimum Gasteiger partial charge on any atom is -0.331 e. The molecule has 5 nitrogen and oxygen atoms in total. The van der Waals surface area contributed by atoms with Gasteiger partial charge in [-0.05, 0) is 12.1 Å². The molecular weight excluding hydrogens is 180 g/mol. The fourth-order valence-corrected chi connectivity index (χ4v) is 1.01. The second-order valence-electron chi connectivity index (χ2n) is 3.04. The van der Waals surface area contributed by atoms with Crippen LogP contribution in [0.2, 0.25) is 0 Å². The summed E-state index contributed by atoms with van der Waals surface area (Å²) in [5.74, 6) is 0.557. The van der Waals surface area contributed by atoms with Crippen molar-refractivity contribution in [3.63, 3.8) is 0 Å². The fraction of sp³-hybridized carbons (Fsp3) is 0.222. The molecule has 0 aromatic carbocycles. The van der Waals surface area contributed by atoms with Gasteiger partial charge in [0, 0.05) is 32.1 Å². The Kier molecular flexibility index (Phi) is 2.14. The number of hydrogen-bond acceptors (Lipinski definition) is 5. The van der Waals surface area contributed by atoms with E-state index >= 15 is 0 Å². The molecule has 0 N–H and O–H groups in total. The van der Waals surface area contributed by atoms with Crippen molar-refractivity contribution >= 4 is 6.01 Å². The van der Waals surface area contributed by atoms with E-state index in [0.29, 0.717) is 11.8 Å². The molecule has 0 aliphatic carbocycles. The maximum Gasteiger partial charge on any atom is 0.323 e. The zero-order valence-electron chi connectivity index (χ0n) is 8.01. The van der Waals surface area contributed by atoms with E-state index in [9.17, 15) is 0 Å². The third kappa shape index (κ3) is 1.56. The van der Waals surface area contributed by atoms with Gasteiger partial charge in [0.15, 0.2) is 0 Å². The molecule has 0 saturated carbocycles. The van der Waals surface area contributed by atoms with Crippen LogP contribution < -0.4 is 4.90 Å². The molecule has 0 aliphatic heterocycles. The van der Waals surface area contributed by atoms with Gasteiger partial charge in [-0.15, -0.1) is 0 Å². The van der Waals surface area contributed by atoms with E-state index in [1.807, 2.05) is 26.2 Å². The molecular formula is C9H10N4O. The summed E-state index contributed by atoms with van der Waals surface area (Å²) in [7, 11) is 3.70. The summed E-state index contributed by atoms with van der Waals surface area (Å²) >= 11 is 0. The number of aromatic nitrogens is 3. The molecule has 0 amide bonds. The van der Waals surface area contributed by atoms with Crippen molar-refractivity contribution in [1.29, 1.82) is 0 Å². The average Bonchev–Trinajstić information content (AvgIpc) is 2.68. The summed E-state index contributed by atoms with van der Waals surface area (Å²) in [4.78, 5) is 9.92. The zero-order valence-corrected chi connectivity index (χ0v) is 8.01. The van der Waals surface area contributed by atoms with Gasteiger partial charge in [-0.25, -0.2) is 0 Å². The third-order valence-corrected chi connectivity index (χ3v) is 1.72. The van der Waals surface area contributed by atoms with E-state index in [1.165, 1.54) is 0 Å². The molecule has 0 spiro atoms. The SMILES string of the molecule is CN(C)c1nc(-c2cccnc2)no1. The summed E-state index contributed by atoms with van der Waals surface area (Å²) in [6.45, 7) is 0. The van der Waals surface area contributed by atoms with Gasteiger partial charge in [-0.3, -0.25) is 4.98 Å². The van der Waals surface area contributed by atoms with Crippen molar-refractivity contribution in [2.24, 2.45) is 0 Å². The average molecular weight is 190 g/mol. The molecule has 14 heavy (non-hydrogen) atoms. The number of rotatable bonds is 2. The second kappa shape index (κ2) is 3.45. The molecule has 0 radical (unpaired) electrons. The van der Waals surface area contributed by atoms with Crippen LogP contribution in [0.1, 0.15) is 0 Å². The molecule has 72 valence electrons. The van der Waals surface area contributed by atoms with Crippen molar-refractivity contribution in [3.8, 4) is 11.4 Å². The van der Waals surface area contributed by atoms with Crippen LogP contribution in [0.15, 0.2) is 29.0 Å². The van der Waals surface area contributed by atoms with Crippen LogP contribution >= 0.6 is 0 Å². The van der Waals surface area contributed by atoms with Crippen LogP contribution in [-0.4, -0.2) is 29.2 Å². The molecule has 5 heteroatoms. The van der Waals surface area contributed by atoms with E-state index in [4.69, 9.17) is 4.52 Å². The predicted molar refractivity (Wildman–Crippen MR) is 51.9 cm³/mol. The van der Waals surface area contributed by atoms with Crippen molar-refractivity contribution in [1.82, 2.24) is 15.1 Å². The number of anilines is 1. The van der Waals surface area contributed by atoms with Gasteiger partial charge in [0.05, 0.1) is 0 Å². The van der Waals surface area contributed by atoms with Crippen LogP contribution in [0, 0.1) is 0 Å². The quantitative estimate of drug-likeness (QED) is 0.712. The lowest BCUT2D eigenvalue weighted by Crippen LogP contribution is -2.08. The Labute approximate surface area is 81.4 Å². The fourth-order valence-electron chi connectivity index (χ4n) is 1.01. The molecule has 2 rings (SSSR count). The molecule has 2 aromatic rings. The summed E-state index contributed by atoms with van der Waals surface area (Å²) in [5, 5.41) is 3.84. The predicted octanol–water partition coefficient (Wildman–Crippen LogP) is 1.20. The molecule has 0 atom stereocenters. The Morgan fingerprint density at radius 3 is 2.79 bits per heavy atom. The Morgan fingerprint density at radius 2 is 2.21 bits per heavy atom. The monoisotopic (exact) mass is 190 g/mol. The maximum atomic E-state index is 5.02. The van der Waals surface area contributed by atoms with Gasteiger partial charge in [0.1, 0.15) is 0 Å².